The van der Waals surface area contributed by atoms with Crippen molar-refractivity contribution in [3.8, 4) is 5.75 Å². The molecule has 1 atom stereocenters. The summed E-state index contributed by atoms with van der Waals surface area (Å²) in [4.78, 5) is 2.50. The Morgan fingerprint density at radius 2 is 2.05 bits per heavy atom. The van der Waals surface area contributed by atoms with Crippen molar-refractivity contribution in [1.29, 1.82) is 0 Å². The molecule has 1 aromatic rings. The highest BCUT2D eigenvalue weighted by Crippen LogP contribution is 2.39. The molecule has 2 aliphatic heterocycles. The normalized spacial score (nSPS) is 25.3. The molecule has 21 heavy (non-hydrogen) atoms. The maximum Gasteiger partial charge on any atom is 0.123 e. The topological polar surface area (TPSA) is 47.7 Å². The van der Waals surface area contributed by atoms with Crippen molar-refractivity contribution in [2.75, 3.05) is 26.7 Å². The number of piperidine rings is 1. The molecular formula is C17H26N2O2. The summed E-state index contributed by atoms with van der Waals surface area (Å²) in [5, 5.41) is 0. The summed E-state index contributed by atoms with van der Waals surface area (Å²) in [6.45, 7) is 3.80. The molecule has 0 radical (unpaired) electrons. The fourth-order valence-corrected chi connectivity index (χ4v) is 3.62. The molecule has 0 unspecified atom stereocenters. The van der Waals surface area contributed by atoms with Gasteiger partial charge in [-0.1, -0.05) is 18.2 Å². The number of hydrogen-bond donors (Lipinski definition) is 1. The van der Waals surface area contributed by atoms with Gasteiger partial charge in [-0.15, -0.1) is 0 Å². The molecule has 1 aromatic carbocycles. The Balaban J connectivity index is 1.57. The standard InChI is InChI=1S/C17H26N2O2/c1-20-16-5-3-2-4-14(16)13-19-10-8-17(9-11-19)7-6-15(12-18)21-17/h2-5,15H,6-13,18H2,1H3/t15-/m0/s1. The quantitative estimate of drug-likeness (QED) is 0.923. The van der Waals surface area contributed by atoms with Crippen LogP contribution in [0.2, 0.25) is 0 Å². The molecule has 1 spiro atoms. The van der Waals surface area contributed by atoms with Crippen LogP contribution in [-0.4, -0.2) is 43.3 Å². The van der Waals surface area contributed by atoms with Crippen LogP contribution < -0.4 is 10.5 Å². The van der Waals surface area contributed by atoms with Crippen molar-refractivity contribution in [1.82, 2.24) is 4.90 Å². The SMILES string of the molecule is COc1ccccc1CN1CCC2(CC[C@@H](CN)O2)CC1. The van der Waals surface area contributed by atoms with Crippen LogP contribution in [0.3, 0.4) is 0 Å². The predicted octanol–water partition coefficient (Wildman–Crippen LogP) is 2.17. The Morgan fingerprint density at radius 3 is 2.71 bits per heavy atom. The minimum atomic E-state index is 0.112. The first kappa shape index (κ1) is 14.8. The van der Waals surface area contributed by atoms with E-state index in [9.17, 15) is 0 Å². The van der Waals surface area contributed by atoms with Gasteiger partial charge in [0.05, 0.1) is 18.8 Å². The van der Waals surface area contributed by atoms with Gasteiger partial charge in [-0.2, -0.15) is 0 Å². The summed E-state index contributed by atoms with van der Waals surface area (Å²) in [5.41, 5.74) is 7.12. The van der Waals surface area contributed by atoms with Crippen molar-refractivity contribution in [3.05, 3.63) is 29.8 Å². The van der Waals surface area contributed by atoms with Gasteiger partial charge in [-0.3, -0.25) is 4.90 Å². The van der Waals surface area contributed by atoms with Crippen LogP contribution in [0.1, 0.15) is 31.2 Å². The Labute approximate surface area is 127 Å². The molecule has 0 amide bonds. The molecule has 2 N–H and O–H groups in total. The lowest BCUT2D eigenvalue weighted by atomic mass is 9.88. The lowest BCUT2D eigenvalue weighted by molar-refractivity contribution is -0.0750. The molecule has 116 valence electrons. The van der Waals surface area contributed by atoms with Crippen molar-refractivity contribution < 1.29 is 9.47 Å². The average Bonchev–Trinajstić information content (AvgIpc) is 2.94. The van der Waals surface area contributed by atoms with Gasteiger partial charge in [0.25, 0.3) is 0 Å². The summed E-state index contributed by atoms with van der Waals surface area (Å²) in [6.07, 6.45) is 4.84. The number of para-hydroxylation sites is 1. The third-order valence-corrected chi connectivity index (χ3v) is 4.96. The molecule has 3 rings (SSSR count). The van der Waals surface area contributed by atoms with E-state index >= 15 is 0 Å². The van der Waals surface area contributed by atoms with Gasteiger partial charge in [-0.05, 0) is 31.7 Å². The van der Waals surface area contributed by atoms with E-state index in [4.69, 9.17) is 15.2 Å². The summed E-state index contributed by atoms with van der Waals surface area (Å²) >= 11 is 0. The first-order chi connectivity index (χ1) is 10.2. The second-order valence-electron chi connectivity index (χ2n) is 6.29. The summed E-state index contributed by atoms with van der Waals surface area (Å²) in [5.74, 6) is 0.984. The van der Waals surface area contributed by atoms with Crippen LogP contribution in [0.4, 0.5) is 0 Å². The zero-order chi connectivity index (χ0) is 14.7. The molecular weight excluding hydrogens is 264 g/mol. The highest BCUT2D eigenvalue weighted by atomic mass is 16.5. The highest BCUT2D eigenvalue weighted by Gasteiger charge is 2.41. The maximum atomic E-state index is 6.21. The molecule has 2 fully saturated rings. The molecule has 4 nitrogen and oxygen atoms in total. The predicted molar refractivity (Wildman–Crippen MR) is 83.4 cm³/mol. The van der Waals surface area contributed by atoms with Gasteiger partial charge in [0.15, 0.2) is 0 Å². The maximum absolute atomic E-state index is 6.21. The molecule has 0 bridgehead atoms. The fraction of sp³-hybridized carbons (Fsp3) is 0.647. The molecule has 0 saturated carbocycles. The van der Waals surface area contributed by atoms with Crippen molar-refractivity contribution in [2.24, 2.45) is 5.73 Å². The molecule has 0 aliphatic carbocycles. The molecule has 2 heterocycles. The molecule has 2 saturated heterocycles. The summed E-state index contributed by atoms with van der Waals surface area (Å²) in [6, 6.07) is 8.29. The largest absolute Gasteiger partial charge is 0.496 e. The summed E-state index contributed by atoms with van der Waals surface area (Å²) in [7, 11) is 1.74. The number of hydrogen-bond acceptors (Lipinski definition) is 4. The van der Waals surface area contributed by atoms with Gasteiger partial charge < -0.3 is 15.2 Å². The lowest BCUT2D eigenvalue weighted by Crippen LogP contribution is -2.44. The Hall–Kier alpha value is -1.10. The van der Waals surface area contributed by atoms with E-state index in [-0.39, 0.29) is 11.7 Å². The fourth-order valence-electron chi connectivity index (χ4n) is 3.62. The number of nitrogens with two attached hydrogens (primary N) is 1. The first-order valence-corrected chi connectivity index (χ1v) is 7.97. The summed E-state index contributed by atoms with van der Waals surface area (Å²) < 4.78 is 11.6. The molecule has 0 aromatic heterocycles. The van der Waals surface area contributed by atoms with E-state index in [1.54, 1.807) is 7.11 Å². The van der Waals surface area contributed by atoms with E-state index in [2.05, 4.69) is 17.0 Å². The average molecular weight is 290 g/mol. The van der Waals surface area contributed by atoms with Gasteiger partial charge in [-0.25, -0.2) is 0 Å². The lowest BCUT2D eigenvalue weighted by Gasteiger charge is -2.39. The van der Waals surface area contributed by atoms with E-state index in [1.807, 2.05) is 12.1 Å². The van der Waals surface area contributed by atoms with Crippen LogP contribution >= 0.6 is 0 Å². The number of methoxy groups -OCH3 is 1. The van der Waals surface area contributed by atoms with Gasteiger partial charge >= 0.3 is 0 Å². The van der Waals surface area contributed by atoms with Crippen LogP contribution in [0.15, 0.2) is 24.3 Å². The third-order valence-electron chi connectivity index (χ3n) is 4.96. The number of ether oxygens (including phenoxy) is 2. The number of rotatable bonds is 4. The number of nitrogens with zero attached hydrogens (tertiary/aromatic N) is 1. The zero-order valence-electron chi connectivity index (χ0n) is 12.9. The third kappa shape index (κ3) is 3.23. The number of likely N-dealkylation sites (tertiary alicyclic amines) is 1. The molecule has 2 aliphatic rings. The second kappa shape index (κ2) is 6.34. The molecule has 4 heteroatoms. The van der Waals surface area contributed by atoms with E-state index < -0.39 is 0 Å². The van der Waals surface area contributed by atoms with Crippen LogP contribution in [0.5, 0.6) is 5.75 Å². The van der Waals surface area contributed by atoms with Gasteiger partial charge in [0.1, 0.15) is 5.75 Å². The minimum Gasteiger partial charge on any atom is -0.496 e. The van der Waals surface area contributed by atoms with Crippen molar-refractivity contribution >= 4 is 0 Å². The highest BCUT2D eigenvalue weighted by molar-refractivity contribution is 5.33. The van der Waals surface area contributed by atoms with Crippen LogP contribution in [-0.2, 0) is 11.3 Å². The Morgan fingerprint density at radius 1 is 1.29 bits per heavy atom. The smallest absolute Gasteiger partial charge is 0.123 e. The minimum absolute atomic E-state index is 0.112. The second-order valence-corrected chi connectivity index (χ2v) is 6.29. The van der Waals surface area contributed by atoms with E-state index in [0.29, 0.717) is 6.54 Å². The Bertz CT molecular complexity index is 470. The monoisotopic (exact) mass is 290 g/mol. The number of benzene rings is 1. The van der Waals surface area contributed by atoms with E-state index in [0.717, 1.165) is 44.6 Å². The zero-order valence-corrected chi connectivity index (χ0v) is 12.9. The van der Waals surface area contributed by atoms with Crippen LogP contribution in [0, 0.1) is 0 Å². The van der Waals surface area contributed by atoms with Crippen molar-refractivity contribution in [2.45, 2.75) is 43.9 Å². The van der Waals surface area contributed by atoms with E-state index in [1.165, 1.54) is 12.0 Å². The van der Waals surface area contributed by atoms with Gasteiger partial charge in [0, 0.05) is 31.7 Å². The van der Waals surface area contributed by atoms with Crippen LogP contribution in [0.25, 0.3) is 0 Å². The van der Waals surface area contributed by atoms with Crippen molar-refractivity contribution in [3.63, 3.8) is 0 Å². The Kier molecular flexibility index (Phi) is 4.48. The first-order valence-electron chi connectivity index (χ1n) is 7.97. The van der Waals surface area contributed by atoms with Gasteiger partial charge in [0.2, 0.25) is 0 Å².